The zero-order valence-electron chi connectivity index (χ0n) is 17.0. The fraction of sp³-hybridized carbons (Fsp3) is 0.500. The molecule has 0 N–H and O–H groups in total. The Hall–Kier alpha value is -2.70. The zero-order chi connectivity index (χ0) is 20.5. The maximum atomic E-state index is 13.3. The third-order valence-corrected chi connectivity index (χ3v) is 5.71. The molecule has 6 nitrogen and oxygen atoms in total. The van der Waals surface area contributed by atoms with Gasteiger partial charge in [-0.25, -0.2) is 9.07 Å². The SMILES string of the molecule is CC(C)CC(=O)N1CCN(C(=O)c2nn(-c3ccc(F)cc3)c3c2CCC3)CC1. The first kappa shape index (κ1) is 19.6. The van der Waals surface area contributed by atoms with E-state index < -0.39 is 0 Å². The van der Waals surface area contributed by atoms with Crippen molar-refractivity contribution in [3.63, 3.8) is 0 Å². The molecule has 1 aliphatic heterocycles. The van der Waals surface area contributed by atoms with Crippen LogP contribution in [0.1, 0.15) is 48.4 Å². The predicted octanol–water partition coefficient (Wildman–Crippen LogP) is 2.83. The highest BCUT2D eigenvalue weighted by atomic mass is 19.1. The highest BCUT2D eigenvalue weighted by Gasteiger charge is 2.31. The highest BCUT2D eigenvalue weighted by Crippen LogP contribution is 2.29. The number of rotatable bonds is 4. The number of hydrogen-bond acceptors (Lipinski definition) is 3. The second kappa shape index (κ2) is 7.97. The van der Waals surface area contributed by atoms with Crippen molar-refractivity contribution in [3.05, 3.63) is 47.0 Å². The monoisotopic (exact) mass is 398 g/mol. The van der Waals surface area contributed by atoms with Crippen molar-refractivity contribution in [2.45, 2.75) is 39.5 Å². The van der Waals surface area contributed by atoms with Crippen molar-refractivity contribution < 1.29 is 14.0 Å². The summed E-state index contributed by atoms with van der Waals surface area (Å²) in [6.45, 7) is 6.27. The lowest BCUT2D eigenvalue weighted by Gasteiger charge is -2.35. The van der Waals surface area contributed by atoms with Gasteiger partial charge in [0.05, 0.1) is 5.69 Å². The van der Waals surface area contributed by atoms with Crippen LogP contribution in [-0.2, 0) is 17.6 Å². The van der Waals surface area contributed by atoms with Gasteiger partial charge in [-0.2, -0.15) is 5.10 Å². The fourth-order valence-corrected chi connectivity index (χ4v) is 4.19. The number of aromatic nitrogens is 2. The molecule has 2 aliphatic rings. The van der Waals surface area contributed by atoms with Crippen molar-refractivity contribution in [1.29, 1.82) is 0 Å². The normalized spacial score (nSPS) is 16.4. The molecule has 0 unspecified atom stereocenters. The maximum absolute atomic E-state index is 13.3. The minimum Gasteiger partial charge on any atom is -0.339 e. The lowest BCUT2D eigenvalue weighted by Crippen LogP contribution is -2.51. The first-order valence-corrected chi connectivity index (χ1v) is 10.4. The van der Waals surface area contributed by atoms with Crippen LogP contribution in [-0.4, -0.2) is 57.6 Å². The topological polar surface area (TPSA) is 58.4 Å². The Morgan fingerprint density at radius 3 is 2.34 bits per heavy atom. The zero-order valence-corrected chi connectivity index (χ0v) is 17.0. The third kappa shape index (κ3) is 3.91. The molecule has 0 atom stereocenters. The average molecular weight is 398 g/mol. The van der Waals surface area contributed by atoms with Gasteiger partial charge in [-0.3, -0.25) is 9.59 Å². The Balaban J connectivity index is 1.51. The van der Waals surface area contributed by atoms with E-state index in [9.17, 15) is 14.0 Å². The Morgan fingerprint density at radius 2 is 1.69 bits per heavy atom. The molecule has 0 bridgehead atoms. The number of carbonyl (C=O) groups excluding carboxylic acids is 2. The van der Waals surface area contributed by atoms with E-state index in [1.165, 1.54) is 12.1 Å². The van der Waals surface area contributed by atoms with Crippen LogP contribution in [0.15, 0.2) is 24.3 Å². The van der Waals surface area contributed by atoms with E-state index in [1.807, 2.05) is 18.7 Å². The third-order valence-electron chi connectivity index (χ3n) is 5.71. The molecular formula is C22H27FN4O2. The lowest BCUT2D eigenvalue weighted by atomic mass is 10.1. The molecule has 154 valence electrons. The predicted molar refractivity (Wildman–Crippen MR) is 107 cm³/mol. The molecule has 0 saturated carbocycles. The molecule has 7 heteroatoms. The average Bonchev–Trinajstić information content (AvgIpc) is 3.31. The van der Waals surface area contributed by atoms with E-state index in [2.05, 4.69) is 5.10 Å². The number of halogens is 1. The Labute approximate surface area is 170 Å². The summed E-state index contributed by atoms with van der Waals surface area (Å²) in [7, 11) is 0. The molecule has 1 aromatic carbocycles. The minimum atomic E-state index is -0.293. The molecule has 0 radical (unpaired) electrons. The quantitative estimate of drug-likeness (QED) is 0.796. The van der Waals surface area contributed by atoms with Crippen molar-refractivity contribution >= 4 is 11.8 Å². The minimum absolute atomic E-state index is 0.0695. The summed E-state index contributed by atoms with van der Waals surface area (Å²) in [6.07, 6.45) is 3.24. The molecule has 0 spiro atoms. The summed E-state index contributed by atoms with van der Waals surface area (Å²) in [5, 5.41) is 4.62. The number of fused-ring (bicyclic) bond motifs is 1. The van der Waals surface area contributed by atoms with Gasteiger partial charge in [0.15, 0.2) is 5.69 Å². The van der Waals surface area contributed by atoms with Crippen molar-refractivity contribution in [2.24, 2.45) is 5.92 Å². The van der Waals surface area contributed by atoms with Gasteiger partial charge in [0.25, 0.3) is 5.91 Å². The van der Waals surface area contributed by atoms with E-state index >= 15 is 0 Å². The Bertz CT molecular complexity index is 912. The number of carbonyl (C=O) groups is 2. The number of piperazine rings is 1. The maximum Gasteiger partial charge on any atom is 0.274 e. The molecular weight excluding hydrogens is 371 g/mol. The van der Waals surface area contributed by atoms with E-state index in [1.54, 1.807) is 21.7 Å². The van der Waals surface area contributed by atoms with Gasteiger partial charge in [0, 0.05) is 43.9 Å². The van der Waals surface area contributed by atoms with Crippen LogP contribution in [0.25, 0.3) is 5.69 Å². The molecule has 2 amide bonds. The van der Waals surface area contributed by atoms with Crippen LogP contribution in [0.5, 0.6) is 0 Å². The Morgan fingerprint density at radius 1 is 1.03 bits per heavy atom. The second-order valence-corrected chi connectivity index (χ2v) is 8.29. The van der Waals surface area contributed by atoms with Crippen LogP contribution in [0.3, 0.4) is 0 Å². The van der Waals surface area contributed by atoms with Gasteiger partial charge < -0.3 is 9.80 Å². The van der Waals surface area contributed by atoms with E-state index in [0.29, 0.717) is 44.2 Å². The number of benzene rings is 1. The lowest BCUT2D eigenvalue weighted by molar-refractivity contribution is -0.133. The molecule has 1 aliphatic carbocycles. The van der Waals surface area contributed by atoms with Gasteiger partial charge in [-0.1, -0.05) is 13.8 Å². The first-order valence-electron chi connectivity index (χ1n) is 10.4. The number of amides is 2. The van der Waals surface area contributed by atoms with Crippen molar-refractivity contribution in [3.8, 4) is 5.69 Å². The van der Waals surface area contributed by atoms with E-state index in [-0.39, 0.29) is 17.6 Å². The molecule has 2 aromatic rings. The largest absolute Gasteiger partial charge is 0.339 e. The molecule has 1 saturated heterocycles. The standard InChI is InChI=1S/C22H27FN4O2/c1-15(2)14-20(28)25-10-12-26(13-11-25)22(29)21-18-4-3-5-19(18)27(24-21)17-8-6-16(23)7-9-17/h6-9,15H,3-5,10-14H2,1-2H3. The summed E-state index contributed by atoms with van der Waals surface area (Å²) in [6, 6.07) is 6.20. The van der Waals surface area contributed by atoms with E-state index in [0.717, 1.165) is 36.2 Å². The van der Waals surface area contributed by atoms with Gasteiger partial charge in [-0.15, -0.1) is 0 Å². The summed E-state index contributed by atoms with van der Waals surface area (Å²) in [5.41, 5.74) is 3.33. The van der Waals surface area contributed by atoms with Crippen LogP contribution >= 0.6 is 0 Å². The number of hydrogen-bond donors (Lipinski definition) is 0. The van der Waals surface area contributed by atoms with Gasteiger partial charge in [0.1, 0.15) is 5.82 Å². The van der Waals surface area contributed by atoms with Crippen LogP contribution < -0.4 is 0 Å². The molecule has 1 aromatic heterocycles. The van der Waals surface area contributed by atoms with Gasteiger partial charge >= 0.3 is 0 Å². The second-order valence-electron chi connectivity index (χ2n) is 8.29. The summed E-state index contributed by atoms with van der Waals surface area (Å²) >= 11 is 0. The van der Waals surface area contributed by atoms with Crippen LogP contribution in [0.2, 0.25) is 0 Å². The summed E-state index contributed by atoms with van der Waals surface area (Å²) < 4.78 is 15.1. The molecule has 29 heavy (non-hydrogen) atoms. The van der Waals surface area contributed by atoms with Crippen molar-refractivity contribution in [2.75, 3.05) is 26.2 Å². The Kier molecular flexibility index (Phi) is 5.39. The van der Waals surface area contributed by atoms with Gasteiger partial charge in [0.2, 0.25) is 5.91 Å². The van der Waals surface area contributed by atoms with Crippen LogP contribution in [0.4, 0.5) is 4.39 Å². The number of nitrogens with zero attached hydrogens (tertiary/aromatic N) is 4. The molecule has 1 fully saturated rings. The van der Waals surface area contributed by atoms with Gasteiger partial charge in [-0.05, 0) is 49.4 Å². The first-order chi connectivity index (χ1) is 13.9. The van der Waals surface area contributed by atoms with Crippen LogP contribution in [0, 0.1) is 11.7 Å². The summed E-state index contributed by atoms with van der Waals surface area (Å²) in [4.78, 5) is 29.1. The molecule has 2 heterocycles. The fourth-order valence-electron chi connectivity index (χ4n) is 4.19. The van der Waals surface area contributed by atoms with E-state index in [4.69, 9.17) is 0 Å². The highest BCUT2D eigenvalue weighted by molar-refractivity contribution is 5.94. The summed E-state index contributed by atoms with van der Waals surface area (Å²) in [5.74, 6) is 0.132. The molecule has 4 rings (SSSR count). The smallest absolute Gasteiger partial charge is 0.274 e. The van der Waals surface area contributed by atoms with Crippen molar-refractivity contribution in [1.82, 2.24) is 19.6 Å².